The van der Waals surface area contributed by atoms with E-state index < -0.39 is 0 Å². The molecule has 0 spiro atoms. The fourth-order valence-electron chi connectivity index (χ4n) is 3.18. The molecule has 120 valence electrons. The molecule has 23 heavy (non-hydrogen) atoms. The summed E-state index contributed by atoms with van der Waals surface area (Å²) in [5.74, 6) is 0.598. The Hall–Kier alpha value is -2.16. The number of halogens is 1. The van der Waals surface area contributed by atoms with Crippen LogP contribution in [0.25, 0.3) is 11.1 Å². The zero-order valence-corrected chi connectivity index (χ0v) is 13.1. The van der Waals surface area contributed by atoms with E-state index in [-0.39, 0.29) is 11.8 Å². The summed E-state index contributed by atoms with van der Waals surface area (Å²) in [6, 6.07) is 13.7. The quantitative estimate of drug-likeness (QED) is 0.560. The Morgan fingerprint density at radius 2 is 1.74 bits per heavy atom. The van der Waals surface area contributed by atoms with Crippen LogP contribution in [-0.4, -0.2) is 5.97 Å². The van der Waals surface area contributed by atoms with Crippen LogP contribution in [0.1, 0.15) is 38.5 Å². The summed E-state index contributed by atoms with van der Waals surface area (Å²) in [4.78, 5) is 12.1. The first-order chi connectivity index (χ1) is 11.2. The molecule has 0 bridgehead atoms. The Bertz CT molecular complexity index is 658. The Kier molecular flexibility index (Phi) is 5.06. The lowest BCUT2D eigenvalue weighted by atomic mass is 9.87. The number of rotatable bonds is 4. The van der Waals surface area contributed by atoms with Gasteiger partial charge in [-0.2, -0.15) is 0 Å². The van der Waals surface area contributed by atoms with Gasteiger partial charge in [-0.05, 0) is 54.2 Å². The van der Waals surface area contributed by atoms with E-state index in [4.69, 9.17) is 4.74 Å². The van der Waals surface area contributed by atoms with Gasteiger partial charge in [0.15, 0.2) is 0 Å². The molecule has 0 unspecified atom stereocenters. The first kappa shape index (κ1) is 15.7. The normalized spacial score (nSPS) is 15.3. The van der Waals surface area contributed by atoms with Gasteiger partial charge in [0.05, 0.1) is 0 Å². The van der Waals surface area contributed by atoms with Crippen LogP contribution in [0.2, 0.25) is 0 Å². The van der Waals surface area contributed by atoms with Gasteiger partial charge in [-0.25, -0.2) is 4.39 Å². The maximum absolute atomic E-state index is 13.0. The number of hydrogen-bond donors (Lipinski definition) is 0. The molecule has 3 heteroatoms. The Balaban J connectivity index is 1.65. The molecule has 0 aliphatic heterocycles. The predicted octanol–water partition coefficient (Wildman–Crippen LogP) is 5.37. The van der Waals surface area contributed by atoms with Gasteiger partial charge in [-0.1, -0.05) is 43.5 Å². The molecule has 0 radical (unpaired) electrons. The molecule has 0 aromatic heterocycles. The molecule has 1 aliphatic rings. The zero-order chi connectivity index (χ0) is 16.1. The van der Waals surface area contributed by atoms with E-state index in [1.54, 1.807) is 18.2 Å². The highest BCUT2D eigenvalue weighted by Crippen LogP contribution is 2.28. The molecule has 2 aromatic carbocycles. The molecule has 0 amide bonds. The van der Waals surface area contributed by atoms with E-state index in [0.717, 1.165) is 24.0 Å². The molecule has 0 heterocycles. The van der Waals surface area contributed by atoms with E-state index in [2.05, 4.69) is 0 Å². The van der Waals surface area contributed by atoms with Crippen molar-refractivity contribution >= 4 is 5.97 Å². The third kappa shape index (κ3) is 4.41. The van der Waals surface area contributed by atoms with Crippen molar-refractivity contribution in [3.8, 4) is 16.9 Å². The van der Waals surface area contributed by atoms with Gasteiger partial charge >= 0.3 is 5.97 Å². The van der Waals surface area contributed by atoms with Gasteiger partial charge < -0.3 is 4.74 Å². The van der Waals surface area contributed by atoms with E-state index in [1.807, 2.05) is 18.2 Å². The van der Waals surface area contributed by atoms with Crippen LogP contribution in [0.3, 0.4) is 0 Å². The minimum absolute atomic E-state index is 0.159. The number of carbonyl (C=O) groups is 1. The van der Waals surface area contributed by atoms with Crippen molar-refractivity contribution in [1.82, 2.24) is 0 Å². The van der Waals surface area contributed by atoms with Gasteiger partial charge in [-0.15, -0.1) is 0 Å². The van der Waals surface area contributed by atoms with Crippen molar-refractivity contribution in [3.05, 3.63) is 54.3 Å². The average Bonchev–Trinajstić information content (AvgIpc) is 2.56. The van der Waals surface area contributed by atoms with Gasteiger partial charge in [0.1, 0.15) is 11.6 Å². The average molecular weight is 312 g/mol. The van der Waals surface area contributed by atoms with Gasteiger partial charge in [-0.3, -0.25) is 4.79 Å². The SMILES string of the molecule is O=C(CC1CCCCC1)Oc1cccc(-c2ccc(F)cc2)c1. The summed E-state index contributed by atoms with van der Waals surface area (Å²) in [7, 11) is 0. The predicted molar refractivity (Wildman–Crippen MR) is 88.7 cm³/mol. The van der Waals surface area contributed by atoms with Crippen LogP contribution in [0.15, 0.2) is 48.5 Å². The highest BCUT2D eigenvalue weighted by atomic mass is 19.1. The van der Waals surface area contributed by atoms with Crippen LogP contribution in [0, 0.1) is 11.7 Å². The van der Waals surface area contributed by atoms with Gasteiger partial charge in [0.25, 0.3) is 0 Å². The van der Waals surface area contributed by atoms with Crippen LogP contribution in [0.5, 0.6) is 5.75 Å². The number of esters is 1. The number of ether oxygens (including phenoxy) is 1. The smallest absolute Gasteiger partial charge is 0.311 e. The van der Waals surface area contributed by atoms with Crippen LogP contribution < -0.4 is 4.74 Å². The zero-order valence-electron chi connectivity index (χ0n) is 13.1. The summed E-state index contributed by atoms with van der Waals surface area (Å²) in [6.07, 6.45) is 6.48. The summed E-state index contributed by atoms with van der Waals surface area (Å²) in [6.45, 7) is 0. The molecule has 1 fully saturated rings. The molecule has 3 rings (SSSR count). The summed E-state index contributed by atoms with van der Waals surface area (Å²) in [5.41, 5.74) is 1.81. The number of hydrogen-bond acceptors (Lipinski definition) is 2. The first-order valence-corrected chi connectivity index (χ1v) is 8.27. The largest absolute Gasteiger partial charge is 0.426 e. The third-order valence-electron chi connectivity index (χ3n) is 4.42. The maximum Gasteiger partial charge on any atom is 0.311 e. The Labute approximate surface area is 136 Å². The minimum atomic E-state index is -0.260. The van der Waals surface area contributed by atoms with Crippen molar-refractivity contribution < 1.29 is 13.9 Å². The highest BCUT2D eigenvalue weighted by Gasteiger charge is 2.18. The van der Waals surface area contributed by atoms with Crippen molar-refractivity contribution in [3.63, 3.8) is 0 Å². The highest BCUT2D eigenvalue weighted by molar-refractivity contribution is 5.74. The Morgan fingerprint density at radius 1 is 1.00 bits per heavy atom. The number of carbonyl (C=O) groups excluding carboxylic acids is 1. The second-order valence-electron chi connectivity index (χ2n) is 6.22. The van der Waals surface area contributed by atoms with Crippen molar-refractivity contribution in [2.45, 2.75) is 38.5 Å². The van der Waals surface area contributed by atoms with Gasteiger partial charge in [0.2, 0.25) is 0 Å². The van der Waals surface area contributed by atoms with Crippen LogP contribution in [-0.2, 0) is 4.79 Å². The lowest BCUT2D eigenvalue weighted by Gasteiger charge is -2.20. The van der Waals surface area contributed by atoms with E-state index >= 15 is 0 Å². The summed E-state index contributed by atoms with van der Waals surface area (Å²) in [5, 5.41) is 0. The molecule has 0 atom stereocenters. The monoisotopic (exact) mass is 312 g/mol. The van der Waals surface area contributed by atoms with Crippen LogP contribution in [0.4, 0.5) is 4.39 Å². The molecule has 2 aromatic rings. The molecular weight excluding hydrogens is 291 g/mol. The standard InChI is InChI=1S/C20H21FO2/c21-18-11-9-16(10-12-18)17-7-4-8-19(14-17)23-20(22)13-15-5-2-1-3-6-15/h4,7-12,14-15H,1-3,5-6,13H2. The second kappa shape index (κ2) is 7.40. The minimum Gasteiger partial charge on any atom is -0.426 e. The maximum atomic E-state index is 13.0. The molecule has 1 aliphatic carbocycles. The lowest BCUT2D eigenvalue weighted by molar-refractivity contribution is -0.135. The van der Waals surface area contributed by atoms with Crippen molar-refractivity contribution in [2.24, 2.45) is 5.92 Å². The molecule has 0 saturated heterocycles. The first-order valence-electron chi connectivity index (χ1n) is 8.27. The number of benzene rings is 2. The fourth-order valence-corrected chi connectivity index (χ4v) is 3.18. The van der Waals surface area contributed by atoms with Crippen molar-refractivity contribution in [2.75, 3.05) is 0 Å². The third-order valence-corrected chi connectivity index (χ3v) is 4.42. The summed E-state index contributed by atoms with van der Waals surface area (Å²) < 4.78 is 18.5. The van der Waals surface area contributed by atoms with E-state index in [9.17, 15) is 9.18 Å². The Morgan fingerprint density at radius 3 is 2.48 bits per heavy atom. The lowest BCUT2D eigenvalue weighted by Crippen LogP contribution is -2.16. The van der Waals surface area contributed by atoms with E-state index in [0.29, 0.717) is 18.1 Å². The van der Waals surface area contributed by atoms with Gasteiger partial charge in [0, 0.05) is 6.42 Å². The second-order valence-corrected chi connectivity index (χ2v) is 6.22. The molecule has 1 saturated carbocycles. The van der Waals surface area contributed by atoms with Crippen LogP contribution >= 0.6 is 0 Å². The molecule has 2 nitrogen and oxygen atoms in total. The molecular formula is C20H21FO2. The fraction of sp³-hybridized carbons (Fsp3) is 0.350. The molecule has 0 N–H and O–H groups in total. The topological polar surface area (TPSA) is 26.3 Å². The van der Waals surface area contributed by atoms with E-state index in [1.165, 1.54) is 31.4 Å². The van der Waals surface area contributed by atoms with Crippen molar-refractivity contribution in [1.29, 1.82) is 0 Å². The summed E-state index contributed by atoms with van der Waals surface area (Å²) >= 11 is 0.